The molecule has 3 aromatic rings. The highest BCUT2D eigenvalue weighted by molar-refractivity contribution is 5.98. The highest BCUT2D eigenvalue weighted by atomic mass is 16.5. The predicted octanol–water partition coefficient (Wildman–Crippen LogP) is 3.64. The number of likely N-dealkylation sites (tertiary alicyclic amines) is 1. The minimum Gasteiger partial charge on any atom is -0.379 e. The number of hydrogen-bond acceptors (Lipinski definition) is 4. The zero-order chi connectivity index (χ0) is 23.3. The Morgan fingerprint density at radius 3 is 2.41 bits per heavy atom. The maximum atomic E-state index is 13.2. The molecule has 3 heterocycles. The number of Topliss-reactive ketones (excluding diaryl/α,β-unsaturated/α-hetero) is 1. The van der Waals surface area contributed by atoms with Gasteiger partial charge in [-0.2, -0.15) is 0 Å². The van der Waals surface area contributed by atoms with E-state index in [1.165, 1.54) is 5.56 Å². The predicted molar refractivity (Wildman–Crippen MR) is 133 cm³/mol. The van der Waals surface area contributed by atoms with Gasteiger partial charge in [0.1, 0.15) is 0 Å². The summed E-state index contributed by atoms with van der Waals surface area (Å²) in [7, 11) is 0. The van der Waals surface area contributed by atoms with Crippen molar-refractivity contribution in [1.82, 2.24) is 14.4 Å². The Bertz CT molecular complexity index is 1130. The number of nitrogens with zero attached hydrogens (tertiary/aromatic N) is 3. The quantitative estimate of drug-likeness (QED) is 0.541. The molecule has 6 nitrogen and oxygen atoms in total. The monoisotopic (exact) mass is 459 g/mol. The molecule has 0 atom stereocenters. The van der Waals surface area contributed by atoms with E-state index in [1.54, 1.807) is 0 Å². The molecule has 2 aromatic carbocycles. The van der Waals surface area contributed by atoms with Crippen LogP contribution in [-0.4, -0.2) is 72.0 Å². The Balaban J connectivity index is 1.17. The van der Waals surface area contributed by atoms with E-state index in [4.69, 9.17) is 4.74 Å². The minimum atomic E-state index is 0.108. The Morgan fingerprint density at radius 2 is 1.65 bits per heavy atom. The van der Waals surface area contributed by atoms with Crippen LogP contribution in [0.15, 0.2) is 60.8 Å². The van der Waals surface area contributed by atoms with Crippen LogP contribution in [0, 0.1) is 5.92 Å². The number of hydrogen-bond donors (Lipinski definition) is 0. The molecule has 0 saturated carbocycles. The summed E-state index contributed by atoms with van der Waals surface area (Å²) in [5.41, 5.74) is 3.10. The van der Waals surface area contributed by atoms with E-state index < -0.39 is 0 Å². The van der Waals surface area contributed by atoms with Gasteiger partial charge < -0.3 is 14.2 Å². The van der Waals surface area contributed by atoms with E-state index >= 15 is 0 Å². The summed E-state index contributed by atoms with van der Waals surface area (Å²) in [6.07, 6.45) is 5.13. The van der Waals surface area contributed by atoms with Gasteiger partial charge in [-0.3, -0.25) is 14.5 Å². The van der Waals surface area contributed by atoms with Crippen molar-refractivity contribution < 1.29 is 14.3 Å². The fraction of sp³-hybridized carbons (Fsp3) is 0.429. The van der Waals surface area contributed by atoms with Crippen molar-refractivity contribution in [2.75, 3.05) is 45.9 Å². The normalized spacial score (nSPS) is 17.8. The first-order valence-corrected chi connectivity index (χ1v) is 12.4. The maximum absolute atomic E-state index is 13.2. The molecule has 6 heteroatoms. The van der Waals surface area contributed by atoms with Crippen LogP contribution in [0.3, 0.4) is 0 Å². The average molecular weight is 460 g/mol. The summed E-state index contributed by atoms with van der Waals surface area (Å²) >= 11 is 0. The Kier molecular flexibility index (Phi) is 7.07. The lowest BCUT2D eigenvalue weighted by Crippen LogP contribution is -2.40. The van der Waals surface area contributed by atoms with Crippen LogP contribution in [0.1, 0.15) is 28.8 Å². The molecule has 0 bridgehead atoms. The second-order valence-electron chi connectivity index (χ2n) is 9.57. The Hall–Kier alpha value is -2.96. The number of ketones is 1. The van der Waals surface area contributed by atoms with E-state index in [0.29, 0.717) is 32.2 Å². The molecular formula is C28H33N3O3. The van der Waals surface area contributed by atoms with Crippen molar-refractivity contribution in [3.8, 4) is 0 Å². The lowest BCUT2D eigenvalue weighted by molar-refractivity contribution is -0.121. The molecule has 0 aliphatic carbocycles. The van der Waals surface area contributed by atoms with Crippen molar-refractivity contribution >= 4 is 22.6 Å². The summed E-state index contributed by atoms with van der Waals surface area (Å²) in [5, 5.41) is 1.00. The summed E-state index contributed by atoms with van der Waals surface area (Å²) in [6, 6.07) is 18.5. The minimum absolute atomic E-state index is 0.108. The second kappa shape index (κ2) is 10.5. The molecule has 1 aromatic heterocycles. The van der Waals surface area contributed by atoms with Crippen LogP contribution in [-0.2, 0) is 22.5 Å². The van der Waals surface area contributed by atoms with Crippen LogP contribution in [0.2, 0.25) is 0 Å². The molecule has 2 aliphatic heterocycles. The van der Waals surface area contributed by atoms with Gasteiger partial charge in [-0.25, -0.2) is 0 Å². The van der Waals surface area contributed by atoms with Crippen molar-refractivity contribution in [3.63, 3.8) is 0 Å². The molecule has 2 aliphatic rings. The summed E-state index contributed by atoms with van der Waals surface area (Å²) < 4.78 is 7.35. The molecule has 0 spiro atoms. The number of carbonyl (C=O) groups is 2. The van der Waals surface area contributed by atoms with Gasteiger partial charge in [-0.15, -0.1) is 0 Å². The SMILES string of the molecule is O=C(CN1CCOCC1)Cn1ccc2cc(C(=O)N3CCC(Cc4ccccc4)CC3)ccc21. The molecule has 178 valence electrons. The fourth-order valence-electron chi connectivity index (χ4n) is 5.19. The van der Waals surface area contributed by atoms with Crippen molar-refractivity contribution in [2.24, 2.45) is 5.92 Å². The molecule has 0 radical (unpaired) electrons. The number of benzene rings is 2. The largest absolute Gasteiger partial charge is 0.379 e. The zero-order valence-corrected chi connectivity index (χ0v) is 19.7. The van der Waals surface area contributed by atoms with Gasteiger partial charge in [0.15, 0.2) is 5.78 Å². The average Bonchev–Trinajstić information content (AvgIpc) is 3.27. The van der Waals surface area contributed by atoms with Gasteiger partial charge in [0, 0.05) is 48.8 Å². The first kappa shape index (κ1) is 22.8. The number of amides is 1. The van der Waals surface area contributed by atoms with E-state index in [1.807, 2.05) is 39.9 Å². The first-order chi connectivity index (χ1) is 16.7. The number of morpholine rings is 1. The number of ether oxygens (including phenoxy) is 1. The number of carbonyl (C=O) groups excluding carboxylic acids is 2. The van der Waals surface area contributed by atoms with Gasteiger partial charge in [-0.05, 0) is 55.0 Å². The lowest BCUT2D eigenvalue weighted by Gasteiger charge is -2.32. The highest BCUT2D eigenvalue weighted by Crippen LogP contribution is 2.24. The molecule has 34 heavy (non-hydrogen) atoms. The third kappa shape index (κ3) is 5.40. The van der Waals surface area contributed by atoms with Crippen LogP contribution in [0.5, 0.6) is 0 Å². The second-order valence-corrected chi connectivity index (χ2v) is 9.57. The molecule has 0 N–H and O–H groups in total. The van der Waals surface area contributed by atoms with Crippen molar-refractivity contribution in [3.05, 3.63) is 71.9 Å². The van der Waals surface area contributed by atoms with Gasteiger partial charge in [0.05, 0.1) is 26.3 Å². The van der Waals surface area contributed by atoms with Crippen molar-refractivity contribution in [2.45, 2.75) is 25.8 Å². The number of aromatic nitrogens is 1. The van der Waals surface area contributed by atoms with Gasteiger partial charge in [-0.1, -0.05) is 30.3 Å². The number of fused-ring (bicyclic) bond motifs is 1. The summed E-state index contributed by atoms with van der Waals surface area (Å²) in [6.45, 7) is 5.45. The van der Waals surface area contributed by atoms with Crippen molar-refractivity contribution in [1.29, 1.82) is 0 Å². The van der Waals surface area contributed by atoms with E-state index in [2.05, 4.69) is 35.2 Å². The molecule has 1 amide bonds. The summed E-state index contributed by atoms with van der Waals surface area (Å²) in [4.78, 5) is 29.9. The maximum Gasteiger partial charge on any atom is 0.253 e. The molecule has 2 fully saturated rings. The van der Waals surface area contributed by atoms with Crippen LogP contribution < -0.4 is 0 Å². The van der Waals surface area contributed by atoms with Crippen LogP contribution in [0.25, 0.3) is 10.9 Å². The molecule has 2 saturated heterocycles. The van der Waals surface area contributed by atoms with Crippen LogP contribution in [0.4, 0.5) is 0 Å². The Labute approximate surface area is 201 Å². The van der Waals surface area contributed by atoms with Gasteiger partial charge in [0.25, 0.3) is 5.91 Å². The highest BCUT2D eigenvalue weighted by Gasteiger charge is 2.24. The smallest absolute Gasteiger partial charge is 0.253 e. The fourth-order valence-corrected chi connectivity index (χ4v) is 5.19. The van der Waals surface area contributed by atoms with Gasteiger partial charge >= 0.3 is 0 Å². The van der Waals surface area contributed by atoms with Gasteiger partial charge in [0.2, 0.25) is 0 Å². The molecule has 5 rings (SSSR count). The first-order valence-electron chi connectivity index (χ1n) is 12.4. The van der Waals surface area contributed by atoms with E-state index in [-0.39, 0.29) is 11.7 Å². The lowest BCUT2D eigenvalue weighted by atomic mass is 9.90. The zero-order valence-electron chi connectivity index (χ0n) is 19.7. The van der Waals surface area contributed by atoms with E-state index in [9.17, 15) is 9.59 Å². The molecular weight excluding hydrogens is 426 g/mol. The Morgan fingerprint density at radius 1 is 0.882 bits per heavy atom. The van der Waals surface area contributed by atoms with Crippen LogP contribution >= 0.6 is 0 Å². The number of piperidine rings is 1. The standard InChI is InChI=1S/C28H33N3O3/c32-26(20-29-14-16-34-17-15-29)21-31-13-10-24-19-25(6-7-27(24)31)28(33)30-11-8-23(9-12-30)18-22-4-2-1-3-5-22/h1-7,10,13,19,23H,8-9,11-12,14-18,20-21H2. The van der Waals surface area contributed by atoms with E-state index in [0.717, 1.165) is 61.9 Å². The third-order valence-corrected chi connectivity index (χ3v) is 7.14. The number of rotatable bonds is 7. The topological polar surface area (TPSA) is 54.8 Å². The third-order valence-electron chi connectivity index (χ3n) is 7.14. The molecule has 0 unspecified atom stereocenters. The summed E-state index contributed by atoms with van der Waals surface area (Å²) in [5.74, 6) is 0.937.